The Labute approximate surface area is 73.4 Å². The van der Waals surface area contributed by atoms with E-state index in [0.717, 1.165) is 5.69 Å². The van der Waals surface area contributed by atoms with Gasteiger partial charge >= 0.3 is 0 Å². The maximum Gasteiger partial charge on any atom is 0.0808 e. The highest BCUT2D eigenvalue weighted by Gasteiger charge is 2.04. The molecule has 0 radical (unpaired) electrons. The van der Waals surface area contributed by atoms with E-state index >= 15 is 0 Å². The Morgan fingerprint density at radius 3 is 2.58 bits per heavy atom. The van der Waals surface area contributed by atoms with Gasteiger partial charge in [0.25, 0.3) is 0 Å². The fourth-order valence-corrected chi connectivity index (χ4v) is 0.712. The van der Waals surface area contributed by atoms with Crippen molar-refractivity contribution in [2.24, 2.45) is 4.99 Å². The molecule has 1 rings (SSSR count). The van der Waals surface area contributed by atoms with Crippen molar-refractivity contribution < 1.29 is 0 Å². The Kier molecular flexibility index (Phi) is 2.58. The molecule has 0 amide bonds. The van der Waals surface area contributed by atoms with Gasteiger partial charge in [-0.2, -0.15) is 0 Å². The summed E-state index contributed by atoms with van der Waals surface area (Å²) in [5, 5.41) is 0. The summed E-state index contributed by atoms with van der Waals surface area (Å²) < 4.78 is 0. The van der Waals surface area contributed by atoms with Gasteiger partial charge in [-0.3, -0.25) is 9.98 Å². The monoisotopic (exact) mass is 162 g/mol. The summed E-state index contributed by atoms with van der Waals surface area (Å²) in [6, 6.07) is 5.79. The molecular weight excluding hydrogens is 148 g/mol. The van der Waals surface area contributed by atoms with Crippen molar-refractivity contribution in [2.45, 2.75) is 26.3 Å². The number of nitrogens with zero attached hydrogens (tertiary/aromatic N) is 2. The van der Waals surface area contributed by atoms with E-state index in [9.17, 15) is 0 Å². The number of rotatable bonds is 1. The third-order valence-electron chi connectivity index (χ3n) is 1.27. The molecule has 0 atom stereocenters. The van der Waals surface area contributed by atoms with Crippen LogP contribution in [-0.2, 0) is 0 Å². The molecule has 0 saturated heterocycles. The molecule has 0 aliphatic carbocycles. The molecule has 0 fully saturated rings. The average Bonchev–Trinajstić information content (AvgIpc) is 2.02. The first kappa shape index (κ1) is 8.91. The summed E-state index contributed by atoms with van der Waals surface area (Å²) in [4.78, 5) is 8.47. The van der Waals surface area contributed by atoms with Gasteiger partial charge in [0.1, 0.15) is 0 Å². The molecule has 0 N–H and O–H groups in total. The molecule has 12 heavy (non-hydrogen) atoms. The number of pyridine rings is 1. The molecule has 0 aliphatic heterocycles. The van der Waals surface area contributed by atoms with Crippen molar-refractivity contribution in [3.8, 4) is 0 Å². The maximum atomic E-state index is 4.34. The predicted octanol–water partition coefficient (Wildman–Crippen LogP) is 2.30. The molecule has 0 bridgehead atoms. The highest BCUT2D eigenvalue weighted by Crippen LogP contribution is 2.05. The number of hydrogen-bond donors (Lipinski definition) is 0. The van der Waals surface area contributed by atoms with Crippen LogP contribution in [0.15, 0.2) is 29.4 Å². The van der Waals surface area contributed by atoms with Crippen molar-refractivity contribution in [2.75, 3.05) is 0 Å². The minimum absolute atomic E-state index is 0.0163. The largest absolute Gasteiger partial charge is 0.285 e. The lowest BCUT2D eigenvalue weighted by atomic mass is 10.1. The van der Waals surface area contributed by atoms with E-state index in [2.05, 4.69) is 30.7 Å². The quantitative estimate of drug-likeness (QED) is 0.582. The van der Waals surface area contributed by atoms with Crippen molar-refractivity contribution in [1.29, 1.82) is 0 Å². The minimum Gasteiger partial charge on any atom is -0.285 e. The highest BCUT2D eigenvalue weighted by molar-refractivity contribution is 5.76. The van der Waals surface area contributed by atoms with E-state index in [1.807, 2.05) is 18.2 Å². The van der Waals surface area contributed by atoms with Crippen molar-refractivity contribution in [3.63, 3.8) is 0 Å². The lowest BCUT2D eigenvalue weighted by Crippen LogP contribution is -2.09. The molecule has 0 spiro atoms. The van der Waals surface area contributed by atoms with Gasteiger partial charge in [-0.15, -0.1) is 0 Å². The van der Waals surface area contributed by atoms with Crippen LogP contribution < -0.4 is 0 Å². The zero-order valence-electron chi connectivity index (χ0n) is 7.78. The SMILES string of the molecule is CC(C)(C)/N=C/c1ccccn1. The van der Waals surface area contributed by atoms with E-state index in [1.54, 1.807) is 12.4 Å². The lowest BCUT2D eigenvalue weighted by Gasteiger charge is -2.10. The van der Waals surface area contributed by atoms with Crippen LogP contribution in [0.2, 0.25) is 0 Å². The Hall–Kier alpha value is -1.18. The molecule has 0 aromatic carbocycles. The van der Waals surface area contributed by atoms with Crippen LogP contribution in [0.1, 0.15) is 26.5 Å². The molecular formula is C10H14N2. The first-order valence-electron chi connectivity index (χ1n) is 4.04. The second kappa shape index (κ2) is 3.48. The Morgan fingerprint density at radius 1 is 1.33 bits per heavy atom. The molecule has 0 unspecified atom stereocenters. The zero-order valence-corrected chi connectivity index (χ0v) is 7.78. The third-order valence-corrected chi connectivity index (χ3v) is 1.27. The van der Waals surface area contributed by atoms with E-state index in [4.69, 9.17) is 0 Å². The second-order valence-corrected chi connectivity index (χ2v) is 3.68. The van der Waals surface area contributed by atoms with Crippen LogP contribution in [0.3, 0.4) is 0 Å². The zero-order chi connectivity index (χ0) is 9.03. The highest BCUT2D eigenvalue weighted by atomic mass is 14.8. The smallest absolute Gasteiger partial charge is 0.0808 e. The Balaban J connectivity index is 2.71. The number of aliphatic imine (C=N–C) groups is 1. The van der Waals surface area contributed by atoms with E-state index in [0.29, 0.717) is 0 Å². The average molecular weight is 162 g/mol. The van der Waals surface area contributed by atoms with Crippen LogP contribution in [-0.4, -0.2) is 16.7 Å². The van der Waals surface area contributed by atoms with Crippen LogP contribution >= 0.6 is 0 Å². The van der Waals surface area contributed by atoms with Gasteiger partial charge in [0.2, 0.25) is 0 Å². The van der Waals surface area contributed by atoms with Gasteiger partial charge in [0.05, 0.1) is 11.2 Å². The minimum atomic E-state index is -0.0163. The van der Waals surface area contributed by atoms with E-state index in [-0.39, 0.29) is 5.54 Å². The molecule has 0 saturated carbocycles. The Morgan fingerprint density at radius 2 is 2.08 bits per heavy atom. The second-order valence-electron chi connectivity index (χ2n) is 3.68. The Bertz CT molecular complexity index is 257. The summed E-state index contributed by atoms with van der Waals surface area (Å²) in [7, 11) is 0. The first-order valence-corrected chi connectivity index (χ1v) is 4.04. The fourth-order valence-electron chi connectivity index (χ4n) is 0.712. The van der Waals surface area contributed by atoms with Gasteiger partial charge in [0, 0.05) is 12.4 Å². The van der Waals surface area contributed by atoms with Crippen LogP contribution in [0, 0.1) is 0 Å². The van der Waals surface area contributed by atoms with Crippen LogP contribution in [0.5, 0.6) is 0 Å². The first-order chi connectivity index (χ1) is 5.58. The van der Waals surface area contributed by atoms with Crippen molar-refractivity contribution in [3.05, 3.63) is 30.1 Å². The summed E-state index contributed by atoms with van der Waals surface area (Å²) in [5.74, 6) is 0. The standard InChI is InChI=1S/C10H14N2/c1-10(2,3)12-8-9-6-4-5-7-11-9/h4-8H,1-3H3/b12-8+. The van der Waals surface area contributed by atoms with Gasteiger partial charge in [-0.25, -0.2) is 0 Å². The molecule has 2 nitrogen and oxygen atoms in total. The topological polar surface area (TPSA) is 25.2 Å². The third kappa shape index (κ3) is 3.28. The van der Waals surface area contributed by atoms with Gasteiger partial charge in [-0.05, 0) is 32.9 Å². The number of hydrogen-bond acceptors (Lipinski definition) is 2. The molecule has 64 valence electrons. The van der Waals surface area contributed by atoms with Gasteiger partial charge in [-0.1, -0.05) is 6.07 Å². The van der Waals surface area contributed by atoms with E-state index < -0.39 is 0 Å². The van der Waals surface area contributed by atoms with Crippen LogP contribution in [0.4, 0.5) is 0 Å². The maximum absolute atomic E-state index is 4.34. The van der Waals surface area contributed by atoms with Crippen LogP contribution in [0.25, 0.3) is 0 Å². The molecule has 0 aliphatic rings. The summed E-state index contributed by atoms with van der Waals surface area (Å²) in [5.41, 5.74) is 0.893. The normalized spacial score (nSPS) is 12.2. The molecule has 1 aromatic rings. The number of aromatic nitrogens is 1. The fraction of sp³-hybridized carbons (Fsp3) is 0.400. The van der Waals surface area contributed by atoms with E-state index in [1.165, 1.54) is 0 Å². The van der Waals surface area contributed by atoms with Crippen molar-refractivity contribution >= 4 is 6.21 Å². The lowest BCUT2D eigenvalue weighted by molar-refractivity contribution is 0.586. The van der Waals surface area contributed by atoms with Gasteiger partial charge < -0.3 is 0 Å². The van der Waals surface area contributed by atoms with Crippen molar-refractivity contribution in [1.82, 2.24) is 4.98 Å². The molecule has 1 aromatic heterocycles. The molecule has 2 heteroatoms. The summed E-state index contributed by atoms with van der Waals surface area (Å²) in [6.45, 7) is 6.19. The predicted molar refractivity (Wildman–Crippen MR) is 51.6 cm³/mol. The van der Waals surface area contributed by atoms with Gasteiger partial charge in [0.15, 0.2) is 0 Å². The summed E-state index contributed by atoms with van der Waals surface area (Å²) in [6.07, 6.45) is 3.57. The molecule has 1 heterocycles. The summed E-state index contributed by atoms with van der Waals surface area (Å²) >= 11 is 0.